The van der Waals surface area contributed by atoms with Gasteiger partial charge in [0.1, 0.15) is 5.75 Å². The molecule has 3 aromatic rings. The van der Waals surface area contributed by atoms with Crippen molar-refractivity contribution in [3.63, 3.8) is 0 Å². The lowest BCUT2D eigenvalue weighted by atomic mass is 9.51. The Morgan fingerprint density at radius 3 is 2.75 bits per heavy atom. The van der Waals surface area contributed by atoms with E-state index in [-0.39, 0.29) is 11.5 Å². The number of rotatable bonds is 3. The van der Waals surface area contributed by atoms with Crippen LogP contribution in [0.5, 0.6) is 5.75 Å². The minimum absolute atomic E-state index is 0.0269. The Balaban J connectivity index is 1.28. The first-order chi connectivity index (χ1) is 17.4. The maximum atomic E-state index is 11.1. The van der Waals surface area contributed by atoms with E-state index < -0.39 is 0 Å². The van der Waals surface area contributed by atoms with Crippen LogP contribution in [0.15, 0.2) is 60.0 Å². The van der Waals surface area contributed by atoms with Gasteiger partial charge in [-0.1, -0.05) is 48.7 Å². The van der Waals surface area contributed by atoms with Gasteiger partial charge in [-0.2, -0.15) is 0 Å². The van der Waals surface area contributed by atoms with E-state index in [9.17, 15) is 10.2 Å². The zero-order valence-corrected chi connectivity index (χ0v) is 21.8. The molecule has 0 radical (unpaired) electrons. The average Bonchev–Trinajstić information content (AvgIpc) is 3.43. The van der Waals surface area contributed by atoms with Gasteiger partial charge in [0.25, 0.3) is 0 Å². The maximum Gasteiger partial charge on any atom is 0.168 e. The molecule has 3 aliphatic carbocycles. The number of nitrogens with zero attached hydrogens (tertiary/aromatic N) is 2. The lowest BCUT2D eigenvalue weighted by molar-refractivity contribution is -0.0322. The number of aliphatic hydroxyl groups excluding tert-OH is 1. The van der Waals surface area contributed by atoms with E-state index in [1.54, 1.807) is 11.8 Å². The monoisotopic (exact) mass is 498 g/mol. The van der Waals surface area contributed by atoms with Crippen LogP contribution in [0.3, 0.4) is 0 Å². The second-order valence-corrected chi connectivity index (χ2v) is 12.1. The third-order valence-corrected chi connectivity index (χ3v) is 10.2. The smallest absolute Gasteiger partial charge is 0.168 e. The van der Waals surface area contributed by atoms with Gasteiger partial charge >= 0.3 is 0 Å². The van der Waals surface area contributed by atoms with Crippen molar-refractivity contribution < 1.29 is 10.2 Å². The first-order valence-electron chi connectivity index (χ1n) is 13.1. The molecule has 0 saturated heterocycles. The van der Waals surface area contributed by atoms with E-state index in [1.807, 2.05) is 36.1 Å². The first kappa shape index (κ1) is 23.7. The number of hydrogen-bond donors (Lipinski definition) is 2. The summed E-state index contributed by atoms with van der Waals surface area (Å²) in [5.41, 5.74) is 5.06. The number of aliphatic hydroxyl groups is 1. The van der Waals surface area contributed by atoms with Gasteiger partial charge in [-0.25, -0.2) is 4.98 Å². The van der Waals surface area contributed by atoms with Crippen LogP contribution in [0.25, 0.3) is 0 Å². The van der Waals surface area contributed by atoms with Crippen LogP contribution < -0.4 is 0 Å². The van der Waals surface area contributed by atoms with Crippen LogP contribution in [0.2, 0.25) is 0 Å². The first-order valence-corrected chi connectivity index (χ1v) is 14.1. The van der Waals surface area contributed by atoms with Gasteiger partial charge < -0.3 is 14.8 Å². The molecule has 0 amide bonds. The molecule has 0 aliphatic heterocycles. The van der Waals surface area contributed by atoms with E-state index >= 15 is 0 Å². The highest BCUT2D eigenvalue weighted by Gasteiger charge is 2.57. The molecule has 0 unspecified atom stereocenters. The van der Waals surface area contributed by atoms with E-state index in [0.29, 0.717) is 35.2 Å². The number of phenols is 1. The Bertz CT molecular complexity index is 1320. The number of benzene rings is 2. The molecule has 6 atom stereocenters. The van der Waals surface area contributed by atoms with Crippen LogP contribution in [-0.4, -0.2) is 31.6 Å². The van der Waals surface area contributed by atoms with Crippen LogP contribution in [0.1, 0.15) is 66.7 Å². The summed E-state index contributed by atoms with van der Waals surface area (Å²) in [4.78, 5) is 4.34. The second-order valence-electron chi connectivity index (χ2n) is 11.2. The highest BCUT2D eigenvalue weighted by Crippen LogP contribution is 2.65. The largest absolute Gasteiger partial charge is 0.508 e. The topological polar surface area (TPSA) is 58.3 Å². The number of phenolic OH excluding ortho intramolecular Hbond substituents is 1. The Labute approximate surface area is 218 Å². The number of hydrogen-bond acceptors (Lipinski definition) is 4. The van der Waals surface area contributed by atoms with Crippen molar-refractivity contribution in [3.8, 4) is 17.6 Å². The molecule has 2 saturated carbocycles. The molecule has 2 aromatic carbocycles. The molecule has 2 fully saturated rings. The molecular weight excluding hydrogens is 464 g/mol. The molecule has 4 nitrogen and oxygen atoms in total. The summed E-state index contributed by atoms with van der Waals surface area (Å²) in [7, 11) is 2.00. The zero-order valence-electron chi connectivity index (χ0n) is 21.0. The Hall–Kier alpha value is -2.68. The standard InChI is InChI=1S/C31H34N2O2S/c1-31-19-26(21-7-5-20(6-8-21)4-3-17-36-30-32-15-16-33(30)2)29-24-12-10-23(34)18-22(24)9-11-25(29)27(31)13-14-28(31)35/h5-8,10,12,15-16,18,25-29,34-35H,9,11,13-14,17,19H2,1-2H3/t25-,26+,27-,28-,29+,31-/m0/s1. The number of imidazole rings is 1. The number of thioether (sulfide) groups is 1. The van der Waals surface area contributed by atoms with Crippen molar-refractivity contribution in [1.82, 2.24) is 9.55 Å². The molecule has 5 heteroatoms. The minimum atomic E-state index is -0.214. The molecule has 0 spiro atoms. The van der Waals surface area contributed by atoms with Gasteiger partial charge in [0, 0.05) is 25.0 Å². The van der Waals surface area contributed by atoms with Crippen LogP contribution in [0, 0.1) is 29.1 Å². The summed E-state index contributed by atoms with van der Waals surface area (Å²) in [6.45, 7) is 2.34. The SMILES string of the molecule is Cn1ccnc1SCC#Cc1ccc([C@H]2C[C@]3(C)[C@@H](O)CC[C@H]3[C@@H]3CCc4cc(O)ccc4[C@H]32)cc1. The van der Waals surface area contributed by atoms with Crippen LogP contribution in [0.4, 0.5) is 0 Å². The van der Waals surface area contributed by atoms with E-state index in [2.05, 4.69) is 54.1 Å². The van der Waals surface area contributed by atoms with Crippen molar-refractivity contribution in [2.75, 3.05) is 5.75 Å². The summed E-state index contributed by atoms with van der Waals surface area (Å²) in [5.74, 6) is 9.59. The molecule has 2 N–H and O–H groups in total. The van der Waals surface area contributed by atoms with Gasteiger partial charge in [0.2, 0.25) is 0 Å². The Morgan fingerprint density at radius 2 is 1.97 bits per heavy atom. The van der Waals surface area contributed by atoms with Crippen molar-refractivity contribution in [1.29, 1.82) is 0 Å². The lowest BCUT2D eigenvalue weighted by Gasteiger charge is -2.54. The van der Waals surface area contributed by atoms with Gasteiger partial charge in [-0.15, -0.1) is 0 Å². The quantitative estimate of drug-likeness (QED) is 0.350. The molecule has 186 valence electrons. The van der Waals surface area contributed by atoms with Crippen molar-refractivity contribution >= 4 is 11.8 Å². The Kier molecular flexibility index (Phi) is 6.14. The molecular formula is C31H34N2O2S. The third kappa shape index (κ3) is 4.05. The fourth-order valence-corrected chi connectivity index (χ4v) is 8.21. The number of aromatic nitrogens is 2. The van der Waals surface area contributed by atoms with E-state index in [4.69, 9.17) is 0 Å². The number of aryl methyl sites for hydroxylation is 2. The third-order valence-electron chi connectivity index (χ3n) is 9.29. The van der Waals surface area contributed by atoms with Crippen molar-refractivity contribution in [2.24, 2.45) is 24.3 Å². The summed E-state index contributed by atoms with van der Waals surface area (Å²) in [5, 5.41) is 22.2. The minimum Gasteiger partial charge on any atom is -0.508 e. The van der Waals surface area contributed by atoms with E-state index in [0.717, 1.165) is 42.8 Å². The number of aromatic hydroxyl groups is 1. The average molecular weight is 499 g/mol. The van der Waals surface area contributed by atoms with Gasteiger partial charge in [-0.05, 0) is 102 Å². The van der Waals surface area contributed by atoms with Crippen molar-refractivity contribution in [2.45, 2.75) is 62.1 Å². The highest BCUT2D eigenvalue weighted by molar-refractivity contribution is 7.99. The highest BCUT2D eigenvalue weighted by atomic mass is 32.2. The fourth-order valence-electron chi connectivity index (χ4n) is 7.54. The fraction of sp³-hybridized carbons (Fsp3) is 0.452. The summed E-state index contributed by atoms with van der Waals surface area (Å²) in [6.07, 6.45) is 8.76. The second kappa shape index (κ2) is 9.32. The normalized spacial score (nSPS) is 30.6. The molecule has 1 heterocycles. The lowest BCUT2D eigenvalue weighted by Crippen LogP contribution is -2.47. The summed E-state index contributed by atoms with van der Waals surface area (Å²) < 4.78 is 2.01. The molecule has 1 aromatic heterocycles. The summed E-state index contributed by atoms with van der Waals surface area (Å²) >= 11 is 1.65. The Morgan fingerprint density at radius 1 is 1.14 bits per heavy atom. The van der Waals surface area contributed by atoms with Crippen molar-refractivity contribution in [3.05, 3.63) is 77.1 Å². The van der Waals surface area contributed by atoms with E-state index in [1.165, 1.54) is 16.7 Å². The predicted molar refractivity (Wildman–Crippen MR) is 144 cm³/mol. The molecule has 0 bridgehead atoms. The van der Waals surface area contributed by atoms with Gasteiger partial charge in [0.05, 0.1) is 11.9 Å². The maximum absolute atomic E-state index is 11.1. The van der Waals surface area contributed by atoms with Crippen LogP contribution in [-0.2, 0) is 13.5 Å². The van der Waals surface area contributed by atoms with Gasteiger partial charge in [0.15, 0.2) is 5.16 Å². The van der Waals surface area contributed by atoms with Crippen LogP contribution >= 0.6 is 11.8 Å². The molecule has 3 aliphatic rings. The van der Waals surface area contributed by atoms with Gasteiger partial charge in [-0.3, -0.25) is 0 Å². The molecule has 6 rings (SSSR count). The predicted octanol–water partition coefficient (Wildman–Crippen LogP) is 5.88. The zero-order chi connectivity index (χ0) is 24.9. The summed E-state index contributed by atoms with van der Waals surface area (Å²) in [6, 6.07) is 14.8. The molecule has 36 heavy (non-hydrogen) atoms. The number of fused-ring (bicyclic) bond motifs is 5.